The van der Waals surface area contributed by atoms with Crippen molar-refractivity contribution in [2.45, 2.75) is 12.3 Å². The lowest BCUT2D eigenvalue weighted by atomic mass is 9.90. The van der Waals surface area contributed by atoms with Gasteiger partial charge in [-0.25, -0.2) is 0 Å². The van der Waals surface area contributed by atoms with Crippen molar-refractivity contribution < 1.29 is 14.3 Å². The molecule has 0 spiro atoms. The highest BCUT2D eigenvalue weighted by Gasteiger charge is 2.26. The molecule has 5 nitrogen and oxygen atoms in total. The van der Waals surface area contributed by atoms with E-state index in [1.165, 1.54) is 7.11 Å². The molecule has 0 aliphatic rings. The molecule has 0 saturated carbocycles. The fraction of sp³-hybridized carbons (Fsp3) is 0.160. The van der Waals surface area contributed by atoms with Crippen LogP contribution in [0.15, 0.2) is 78.9 Å². The van der Waals surface area contributed by atoms with Gasteiger partial charge >= 0.3 is 5.97 Å². The van der Waals surface area contributed by atoms with E-state index in [-0.39, 0.29) is 12.5 Å². The number of hydrogen-bond acceptors (Lipinski definition) is 4. The van der Waals surface area contributed by atoms with Crippen LogP contribution < -0.4 is 5.32 Å². The molecule has 5 heteroatoms. The maximum Gasteiger partial charge on any atom is 0.325 e. The van der Waals surface area contributed by atoms with Crippen molar-refractivity contribution in [2.24, 2.45) is 0 Å². The summed E-state index contributed by atoms with van der Waals surface area (Å²) >= 11 is 0. The molecule has 0 radical (unpaired) electrons. The molecule has 0 bridgehead atoms. The Labute approximate surface area is 174 Å². The number of methoxy groups -OCH3 is 1. The highest BCUT2D eigenvalue weighted by atomic mass is 16.5. The minimum Gasteiger partial charge on any atom is -0.468 e. The van der Waals surface area contributed by atoms with E-state index in [9.17, 15) is 9.59 Å². The molecule has 0 unspecified atom stereocenters. The van der Waals surface area contributed by atoms with Gasteiger partial charge in [0.05, 0.1) is 24.2 Å². The predicted octanol–water partition coefficient (Wildman–Crippen LogP) is 4.00. The molecule has 1 aromatic heterocycles. The summed E-state index contributed by atoms with van der Waals surface area (Å²) < 4.78 is 4.66. The SMILES string of the molecule is COC(=O)CNC(=O)[C@@H](Cc1ccccc1)c1nc2ccccc2c2ccccc12. The number of para-hydroxylation sites is 1. The molecule has 0 fully saturated rings. The Bertz CT molecular complexity index is 1200. The van der Waals surface area contributed by atoms with Crippen LogP contribution in [0.1, 0.15) is 17.2 Å². The van der Waals surface area contributed by atoms with Crippen LogP contribution in [0.4, 0.5) is 0 Å². The number of nitrogens with one attached hydrogen (secondary N) is 1. The molecule has 4 rings (SSSR count). The molecular weight excluding hydrogens is 376 g/mol. The monoisotopic (exact) mass is 398 g/mol. The Kier molecular flexibility index (Phi) is 5.70. The van der Waals surface area contributed by atoms with E-state index in [1.54, 1.807) is 0 Å². The van der Waals surface area contributed by atoms with Gasteiger partial charge in [-0.05, 0) is 23.4 Å². The van der Waals surface area contributed by atoms with Crippen LogP contribution in [0.3, 0.4) is 0 Å². The van der Waals surface area contributed by atoms with Crippen LogP contribution in [0.25, 0.3) is 21.7 Å². The van der Waals surface area contributed by atoms with Crippen molar-refractivity contribution >= 4 is 33.6 Å². The third-order valence-corrected chi connectivity index (χ3v) is 5.20. The molecule has 150 valence electrons. The maximum absolute atomic E-state index is 13.2. The minimum atomic E-state index is -0.549. The summed E-state index contributed by atoms with van der Waals surface area (Å²) in [7, 11) is 1.30. The molecule has 1 amide bonds. The zero-order valence-corrected chi connectivity index (χ0v) is 16.7. The summed E-state index contributed by atoms with van der Waals surface area (Å²) in [4.78, 5) is 29.6. The van der Waals surface area contributed by atoms with E-state index in [2.05, 4.69) is 16.1 Å². The third-order valence-electron chi connectivity index (χ3n) is 5.20. The predicted molar refractivity (Wildman–Crippen MR) is 117 cm³/mol. The number of nitrogens with zero attached hydrogens (tertiary/aromatic N) is 1. The molecule has 3 aromatic carbocycles. The van der Waals surface area contributed by atoms with E-state index in [0.29, 0.717) is 12.1 Å². The van der Waals surface area contributed by atoms with Crippen LogP contribution >= 0.6 is 0 Å². The zero-order valence-electron chi connectivity index (χ0n) is 16.7. The lowest BCUT2D eigenvalue weighted by Gasteiger charge is -2.19. The van der Waals surface area contributed by atoms with Crippen LogP contribution in [0, 0.1) is 0 Å². The van der Waals surface area contributed by atoms with E-state index >= 15 is 0 Å². The molecule has 0 saturated heterocycles. The Morgan fingerprint density at radius 3 is 2.23 bits per heavy atom. The summed E-state index contributed by atoms with van der Waals surface area (Å²) in [6.07, 6.45) is 0.475. The van der Waals surface area contributed by atoms with Crippen LogP contribution in [0.5, 0.6) is 0 Å². The summed E-state index contributed by atoms with van der Waals surface area (Å²) in [5, 5.41) is 5.75. The first-order valence-electron chi connectivity index (χ1n) is 9.83. The first-order chi connectivity index (χ1) is 14.7. The standard InChI is InChI=1S/C25H22N2O3/c1-30-23(28)16-26-25(29)21(15-17-9-3-2-4-10-17)24-20-13-6-5-11-18(20)19-12-7-8-14-22(19)27-24/h2-14,21H,15-16H2,1H3,(H,26,29)/t21-/m0/s1. The number of carbonyl (C=O) groups is 2. The number of aromatic nitrogens is 1. The number of hydrogen-bond donors (Lipinski definition) is 1. The number of amides is 1. The molecule has 0 aliphatic heterocycles. The number of benzene rings is 3. The van der Waals surface area contributed by atoms with Crippen molar-refractivity contribution in [2.75, 3.05) is 13.7 Å². The Balaban J connectivity index is 1.83. The minimum absolute atomic E-state index is 0.174. The lowest BCUT2D eigenvalue weighted by molar-refractivity contribution is -0.141. The van der Waals surface area contributed by atoms with Crippen molar-refractivity contribution in [3.8, 4) is 0 Å². The smallest absolute Gasteiger partial charge is 0.325 e. The van der Waals surface area contributed by atoms with Crippen molar-refractivity contribution in [1.82, 2.24) is 10.3 Å². The molecule has 0 aliphatic carbocycles. The van der Waals surface area contributed by atoms with E-state index in [0.717, 1.165) is 27.2 Å². The average molecular weight is 398 g/mol. The largest absolute Gasteiger partial charge is 0.468 e. The van der Waals surface area contributed by atoms with E-state index in [1.807, 2.05) is 72.8 Å². The lowest BCUT2D eigenvalue weighted by Crippen LogP contribution is -2.35. The van der Waals surface area contributed by atoms with Crippen LogP contribution in [-0.2, 0) is 20.7 Å². The third kappa shape index (κ3) is 4.01. The number of carbonyl (C=O) groups excluding carboxylic acids is 2. The Hall–Kier alpha value is -3.73. The Morgan fingerprint density at radius 1 is 0.867 bits per heavy atom. The topological polar surface area (TPSA) is 68.3 Å². The molecule has 4 aromatic rings. The molecule has 1 atom stereocenters. The second-order valence-electron chi connectivity index (χ2n) is 7.10. The number of rotatable bonds is 6. The van der Waals surface area contributed by atoms with Crippen LogP contribution in [-0.4, -0.2) is 30.5 Å². The second-order valence-corrected chi connectivity index (χ2v) is 7.10. The summed E-state index contributed by atoms with van der Waals surface area (Å²) in [5.74, 6) is -1.29. The number of ether oxygens (including phenoxy) is 1. The zero-order chi connectivity index (χ0) is 20.9. The first-order valence-corrected chi connectivity index (χ1v) is 9.83. The van der Waals surface area contributed by atoms with Gasteiger partial charge in [-0.2, -0.15) is 0 Å². The first kappa shape index (κ1) is 19.6. The maximum atomic E-state index is 13.2. The Morgan fingerprint density at radius 2 is 1.50 bits per heavy atom. The second kappa shape index (κ2) is 8.74. The summed E-state index contributed by atoms with van der Waals surface area (Å²) in [6, 6.07) is 25.7. The van der Waals surface area contributed by atoms with Crippen molar-refractivity contribution in [3.63, 3.8) is 0 Å². The summed E-state index contributed by atoms with van der Waals surface area (Å²) in [6.45, 7) is -0.174. The normalized spacial score (nSPS) is 11.9. The van der Waals surface area contributed by atoms with Gasteiger partial charge < -0.3 is 10.1 Å². The van der Waals surface area contributed by atoms with Gasteiger partial charge in [0.1, 0.15) is 6.54 Å². The van der Waals surface area contributed by atoms with Gasteiger partial charge in [0, 0.05) is 10.8 Å². The molecule has 1 heterocycles. The van der Waals surface area contributed by atoms with E-state index < -0.39 is 11.9 Å². The van der Waals surface area contributed by atoms with Gasteiger partial charge in [-0.1, -0.05) is 72.8 Å². The quantitative estimate of drug-likeness (QED) is 0.394. The van der Waals surface area contributed by atoms with Gasteiger partial charge in [0.2, 0.25) is 5.91 Å². The van der Waals surface area contributed by atoms with Gasteiger partial charge in [-0.3, -0.25) is 14.6 Å². The highest BCUT2D eigenvalue weighted by Crippen LogP contribution is 2.32. The van der Waals surface area contributed by atoms with Crippen LogP contribution in [0.2, 0.25) is 0 Å². The van der Waals surface area contributed by atoms with Gasteiger partial charge in [0.15, 0.2) is 0 Å². The van der Waals surface area contributed by atoms with Gasteiger partial charge in [0.25, 0.3) is 0 Å². The van der Waals surface area contributed by atoms with E-state index in [4.69, 9.17) is 4.98 Å². The number of esters is 1. The highest BCUT2D eigenvalue weighted by molar-refractivity contribution is 6.08. The molecule has 1 N–H and O–H groups in total. The van der Waals surface area contributed by atoms with Crippen molar-refractivity contribution in [1.29, 1.82) is 0 Å². The fourth-order valence-corrected chi connectivity index (χ4v) is 3.71. The van der Waals surface area contributed by atoms with Gasteiger partial charge in [-0.15, -0.1) is 0 Å². The molecule has 30 heavy (non-hydrogen) atoms. The van der Waals surface area contributed by atoms with Crippen molar-refractivity contribution in [3.05, 3.63) is 90.1 Å². The fourth-order valence-electron chi connectivity index (χ4n) is 3.71. The number of fused-ring (bicyclic) bond motifs is 3. The average Bonchev–Trinajstić information content (AvgIpc) is 2.81. The molecular formula is C25H22N2O3. The number of pyridine rings is 1. The summed E-state index contributed by atoms with van der Waals surface area (Å²) in [5.41, 5.74) is 2.57.